The maximum Gasteiger partial charge on any atom is 0.241 e. The van der Waals surface area contributed by atoms with E-state index in [0.717, 1.165) is 4.90 Å². The zero-order valence-corrected chi connectivity index (χ0v) is 18.7. The molecule has 2 saturated heterocycles. The number of Topliss-reactive ketones (excluding diaryl/α,β-unsaturated/α-hetero) is 2. The molecule has 0 aromatic heterocycles. The van der Waals surface area contributed by atoms with Crippen LogP contribution in [0, 0.1) is 11.8 Å². The van der Waals surface area contributed by atoms with Gasteiger partial charge in [-0.05, 0) is 33.6 Å². The van der Waals surface area contributed by atoms with E-state index in [4.69, 9.17) is 4.74 Å². The molecule has 6 nitrogen and oxygen atoms in total. The zero-order valence-electron chi connectivity index (χ0n) is 17.1. The van der Waals surface area contributed by atoms with Gasteiger partial charge in [0.25, 0.3) is 0 Å². The summed E-state index contributed by atoms with van der Waals surface area (Å²) in [5.41, 5.74) is -0.614. The quantitative estimate of drug-likeness (QED) is 0.389. The molecule has 0 radical (unpaired) electrons. The smallest absolute Gasteiger partial charge is 0.241 e. The van der Waals surface area contributed by atoms with Crippen LogP contribution in [-0.2, 0) is 14.3 Å². The fourth-order valence-corrected chi connectivity index (χ4v) is 5.79. The second kappa shape index (κ2) is 7.04. The Labute approximate surface area is 197 Å². The Bertz CT molecular complexity index is 1330. The van der Waals surface area contributed by atoms with E-state index in [9.17, 15) is 19.2 Å². The van der Waals surface area contributed by atoms with Gasteiger partial charge in [-0.25, -0.2) is 4.90 Å². The third-order valence-electron chi connectivity index (χ3n) is 6.74. The molecule has 3 aliphatic rings. The average Bonchev–Trinajstić information content (AvgIpc) is 3.40. The monoisotopic (exact) mass is 501 g/mol. The molecule has 2 heterocycles. The number of halogens is 1. The highest BCUT2D eigenvalue weighted by Gasteiger charge is 2.74. The molecule has 7 heteroatoms. The molecule has 6 rings (SSSR count). The first-order chi connectivity index (χ1) is 16.0. The lowest BCUT2D eigenvalue weighted by molar-refractivity contribution is -0.127. The van der Waals surface area contributed by atoms with Gasteiger partial charge in [0.15, 0.2) is 0 Å². The van der Waals surface area contributed by atoms with E-state index in [1.807, 2.05) is 6.07 Å². The normalized spacial score (nSPS) is 25.1. The lowest BCUT2D eigenvalue weighted by Gasteiger charge is -2.27. The number of anilines is 1. The number of nitrogens with zero attached hydrogens (tertiary/aromatic N) is 1. The van der Waals surface area contributed by atoms with E-state index in [1.54, 1.807) is 72.8 Å². The lowest BCUT2D eigenvalue weighted by atomic mass is 9.77. The van der Waals surface area contributed by atoms with Crippen molar-refractivity contribution in [2.24, 2.45) is 11.8 Å². The van der Waals surface area contributed by atoms with Crippen LogP contribution >= 0.6 is 15.9 Å². The predicted molar refractivity (Wildman–Crippen MR) is 122 cm³/mol. The minimum Gasteiger partial charge on any atom is -0.349 e. The second-order valence-corrected chi connectivity index (χ2v) is 9.21. The predicted octanol–water partition coefficient (Wildman–Crippen LogP) is 4.14. The van der Waals surface area contributed by atoms with E-state index in [2.05, 4.69) is 15.9 Å². The summed E-state index contributed by atoms with van der Waals surface area (Å²) < 4.78 is 6.81. The van der Waals surface area contributed by atoms with E-state index in [0.29, 0.717) is 15.7 Å². The molecule has 3 aromatic carbocycles. The van der Waals surface area contributed by atoms with Crippen LogP contribution in [0.4, 0.5) is 5.69 Å². The molecule has 0 saturated carbocycles. The summed E-state index contributed by atoms with van der Waals surface area (Å²) in [4.78, 5) is 56.0. The second-order valence-electron chi connectivity index (χ2n) is 8.36. The van der Waals surface area contributed by atoms with E-state index >= 15 is 0 Å². The Balaban J connectivity index is 1.57. The van der Waals surface area contributed by atoms with Crippen LogP contribution in [-0.4, -0.2) is 29.0 Å². The number of para-hydroxylation sites is 1. The molecule has 0 N–H and O–H groups in total. The summed E-state index contributed by atoms with van der Waals surface area (Å²) in [6.45, 7) is 0. The van der Waals surface area contributed by atoms with E-state index in [-0.39, 0.29) is 11.1 Å². The van der Waals surface area contributed by atoms with Crippen LogP contribution in [0.3, 0.4) is 0 Å². The largest absolute Gasteiger partial charge is 0.349 e. The van der Waals surface area contributed by atoms with Crippen LogP contribution in [0.5, 0.6) is 0 Å². The number of hydrogen-bond donors (Lipinski definition) is 0. The number of carbonyl (C=O) groups excluding carboxylic acids is 4. The molecule has 2 amide bonds. The zero-order chi connectivity index (χ0) is 22.9. The minimum atomic E-state index is -2.06. The Morgan fingerprint density at radius 2 is 1.30 bits per heavy atom. The third kappa shape index (κ3) is 2.52. The SMILES string of the molecule is O=C1[C@H]2[C@@H](C(=O)N1c1ccccc1Br)C1(O[C@H]2c2ccccc2)C(=O)c2ccccc2C1=O. The summed E-state index contributed by atoms with van der Waals surface area (Å²) in [5, 5.41) is 0. The van der Waals surface area contributed by atoms with Crippen LogP contribution < -0.4 is 4.90 Å². The van der Waals surface area contributed by atoms with Crippen molar-refractivity contribution in [1.82, 2.24) is 0 Å². The topological polar surface area (TPSA) is 80.8 Å². The summed E-state index contributed by atoms with van der Waals surface area (Å²) >= 11 is 3.41. The van der Waals surface area contributed by atoms with Crippen molar-refractivity contribution in [2.75, 3.05) is 4.90 Å². The van der Waals surface area contributed by atoms with Crippen molar-refractivity contribution in [1.29, 1.82) is 0 Å². The highest BCUT2D eigenvalue weighted by molar-refractivity contribution is 9.10. The van der Waals surface area contributed by atoms with E-state index < -0.39 is 46.9 Å². The average molecular weight is 502 g/mol. The Morgan fingerprint density at radius 1 is 0.727 bits per heavy atom. The van der Waals surface area contributed by atoms with E-state index in [1.165, 1.54) is 0 Å². The fraction of sp³-hybridized carbons (Fsp3) is 0.154. The number of carbonyl (C=O) groups is 4. The molecule has 3 atom stereocenters. The van der Waals surface area contributed by atoms with Crippen molar-refractivity contribution in [3.63, 3.8) is 0 Å². The number of imide groups is 1. The summed E-state index contributed by atoms with van der Waals surface area (Å²) in [5.74, 6) is -4.48. The van der Waals surface area contributed by atoms with Gasteiger partial charge in [-0.15, -0.1) is 0 Å². The summed E-state index contributed by atoms with van der Waals surface area (Å²) in [7, 11) is 0. The van der Waals surface area contributed by atoms with Crippen molar-refractivity contribution in [3.05, 3.63) is 100 Å². The number of hydrogen-bond acceptors (Lipinski definition) is 5. The Morgan fingerprint density at radius 3 is 1.94 bits per heavy atom. The number of rotatable bonds is 2. The Hall–Kier alpha value is -3.42. The van der Waals surface area contributed by atoms with Crippen molar-refractivity contribution in [2.45, 2.75) is 11.7 Å². The molecular formula is C26H16BrNO5. The van der Waals surface area contributed by atoms with Crippen LogP contribution in [0.2, 0.25) is 0 Å². The molecular weight excluding hydrogens is 486 g/mol. The number of fused-ring (bicyclic) bond motifs is 3. The van der Waals surface area contributed by atoms with Crippen molar-refractivity contribution < 1.29 is 23.9 Å². The number of ketones is 2. The lowest BCUT2D eigenvalue weighted by Crippen LogP contribution is -2.51. The fourth-order valence-electron chi connectivity index (χ4n) is 5.33. The van der Waals surface area contributed by atoms with Crippen molar-refractivity contribution >= 4 is 45.0 Å². The molecule has 33 heavy (non-hydrogen) atoms. The molecule has 162 valence electrons. The van der Waals surface area contributed by atoms with Gasteiger partial charge in [-0.3, -0.25) is 19.2 Å². The van der Waals surface area contributed by atoms with Gasteiger partial charge >= 0.3 is 0 Å². The van der Waals surface area contributed by atoms with Crippen molar-refractivity contribution in [3.8, 4) is 0 Å². The standard InChI is InChI=1S/C26H16BrNO5/c27-17-12-6-7-13-18(17)28-24(31)19-20(25(28)32)26(33-21(19)14-8-2-1-3-9-14)22(29)15-10-4-5-11-16(15)23(26)30/h1-13,19-21H/t19-,20-,21-/m0/s1. The maximum atomic E-state index is 13.8. The highest BCUT2D eigenvalue weighted by Crippen LogP contribution is 2.58. The Kier molecular flexibility index (Phi) is 4.31. The van der Waals surface area contributed by atoms with Gasteiger partial charge < -0.3 is 4.74 Å². The van der Waals surface area contributed by atoms with Gasteiger partial charge in [0.1, 0.15) is 0 Å². The van der Waals surface area contributed by atoms with Gasteiger partial charge in [-0.1, -0.05) is 66.7 Å². The summed E-state index contributed by atoms with van der Waals surface area (Å²) in [6.07, 6.45) is -0.914. The maximum absolute atomic E-state index is 13.8. The van der Waals surface area contributed by atoms with Gasteiger partial charge in [0.2, 0.25) is 29.0 Å². The van der Waals surface area contributed by atoms with Gasteiger partial charge in [-0.2, -0.15) is 0 Å². The van der Waals surface area contributed by atoms with Gasteiger partial charge in [0, 0.05) is 15.6 Å². The molecule has 2 aliphatic heterocycles. The molecule has 2 fully saturated rings. The molecule has 3 aromatic rings. The molecule has 1 aliphatic carbocycles. The first-order valence-corrected chi connectivity index (χ1v) is 11.3. The third-order valence-corrected chi connectivity index (χ3v) is 7.41. The van der Waals surface area contributed by atoms with Crippen LogP contribution in [0.25, 0.3) is 0 Å². The summed E-state index contributed by atoms with van der Waals surface area (Å²) in [6, 6.07) is 22.3. The van der Waals surface area contributed by atoms with Crippen LogP contribution in [0.15, 0.2) is 83.3 Å². The highest BCUT2D eigenvalue weighted by atomic mass is 79.9. The number of ether oxygens (including phenoxy) is 1. The molecule has 1 spiro atoms. The van der Waals surface area contributed by atoms with Gasteiger partial charge in [0.05, 0.1) is 23.6 Å². The number of amides is 2. The number of benzene rings is 3. The first kappa shape index (κ1) is 20.2. The minimum absolute atomic E-state index is 0.217. The molecule has 0 unspecified atom stereocenters. The molecule has 0 bridgehead atoms. The first-order valence-electron chi connectivity index (χ1n) is 10.5. The van der Waals surface area contributed by atoms with Crippen LogP contribution in [0.1, 0.15) is 32.4 Å².